The number of rotatable bonds is 5. The first-order valence-corrected chi connectivity index (χ1v) is 6.96. The van der Waals surface area contributed by atoms with Gasteiger partial charge in [-0.3, -0.25) is 14.5 Å². The first-order valence-electron chi connectivity index (χ1n) is 6.96. The molecule has 0 radical (unpaired) electrons. The molecule has 1 aromatic carbocycles. The highest BCUT2D eigenvalue weighted by Crippen LogP contribution is 2.16. The molecule has 2 rings (SSSR count). The lowest BCUT2D eigenvalue weighted by Crippen LogP contribution is -2.41. The second-order valence-corrected chi connectivity index (χ2v) is 5.23. The molecule has 1 saturated heterocycles. The minimum Gasteiger partial charge on any atom is -0.366 e. The predicted molar refractivity (Wildman–Crippen MR) is 78.8 cm³/mol. The quantitative estimate of drug-likeness (QED) is 0.778. The summed E-state index contributed by atoms with van der Waals surface area (Å²) in [6, 6.07) is 6.63. The Labute approximate surface area is 123 Å². The lowest BCUT2D eigenvalue weighted by atomic mass is 10.00. The van der Waals surface area contributed by atoms with Crippen molar-refractivity contribution in [3.8, 4) is 0 Å². The van der Waals surface area contributed by atoms with Crippen molar-refractivity contribution in [2.75, 3.05) is 25.0 Å². The van der Waals surface area contributed by atoms with Gasteiger partial charge in [-0.2, -0.15) is 0 Å². The number of carbonyl (C=O) groups excluding carboxylic acids is 3. The number of nitrogens with two attached hydrogens (primary N) is 1. The summed E-state index contributed by atoms with van der Waals surface area (Å²) in [5, 5.41) is 2.70. The number of hydrogen-bond acceptors (Lipinski definition) is 4. The van der Waals surface area contributed by atoms with E-state index < -0.39 is 5.91 Å². The Morgan fingerprint density at radius 1 is 1.38 bits per heavy atom. The van der Waals surface area contributed by atoms with Crippen molar-refractivity contribution in [1.82, 2.24) is 4.90 Å². The van der Waals surface area contributed by atoms with Gasteiger partial charge >= 0.3 is 0 Å². The highest BCUT2D eigenvalue weighted by molar-refractivity contribution is 6.03. The van der Waals surface area contributed by atoms with Gasteiger partial charge in [0, 0.05) is 12.5 Å². The van der Waals surface area contributed by atoms with Gasteiger partial charge in [-0.1, -0.05) is 12.1 Å². The van der Waals surface area contributed by atoms with Crippen LogP contribution < -0.4 is 11.1 Å². The number of para-hydroxylation sites is 1. The molecule has 1 heterocycles. The summed E-state index contributed by atoms with van der Waals surface area (Å²) >= 11 is 0. The minimum absolute atomic E-state index is 0.00413. The Hall–Kier alpha value is -2.21. The van der Waals surface area contributed by atoms with Crippen molar-refractivity contribution in [3.63, 3.8) is 0 Å². The lowest BCUT2D eigenvalue weighted by molar-refractivity contribution is -0.119. The molecule has 0 aromatic heterocycles. The molecule has 1 aliphatic heterocycles. The second kappa shape index (κ2) is 6.99. The average molecular weight is 289 g/mol. The van der Waals surface area contributed by atoms with Crippen LogP contribution in [0, 0.1) is 5.92 Å². The summed E-state index contributed by atoms with van der Waals surface area (Å²) in [4.78, 5) is 36.1. The van der Waals surface area contributed by atoms with Crippen LogP contribution in [-0.2, 0) is 9.59 Å². The van der Waals surface area contributed by atoms with Gasteiger partial charge in [-0.15, -0.1) is 0 Å². The zero-order chi connectivity index (χ0) is 15.2. The van der Waals surface area contributed by atoms with Crippen molar-refractivity contribution >= 4 is 23.8 Å². The standard InChI is InChI=1S/C15H19N3O3/c16-15(21)12-5-1-2-6-13(12)17-14(20)9-18-7-3-4-11(8-18)10-19/h1-2,5-6,10-11H,3-4,7-9H2,(H2,16,21)(H,17,20). The fraction of sp³-hybridized carbons (Fsp3) is 0.400. The maximum absolute atomic E-state index is 12.1. The van der Waals surface area contributed by atoms with Crippen LogP contribution in [0.15, 0.2) is 24.3 Å². The molecule has 1 atom stereocenters. The van der Waals surface area contributed by atoms with Gasteiger partial charge in [0.15, 0.2) is 0 Å². The van der Waals surface area contributed by atoms with Crippen LogP contribution >= 0.6 is 0 Å². The van der Waals surface area contributed by atoms with Gasteiger partial charge < -0.3 is 15.8 Å². The second-order valence-electron chi connectivity index (χ2n) is 5.23. The van der Waals surface area contributed by atoms with E-state index in [-0.39, 0.29) is 23.9 Å². The van der Waals surface area contributed by atoms with Crippen LogP contribution in [0.4, 0.5) is 5.69 Å². The largest absolute Gasteiger partial charge is 0.366 e. The third-order valence-electron chi connectivity index (χ3n) is 3.57. The van der Waals surface area contributed by atoms with Gasteiger partial charge in [0.2, 0.25) is 5.91 Å². The Morgan fingerprint density at radius 2 is 2.14 bits per heavy atom. The van der Waals surface area contributed by atoms with E-state index in [4.69, 9.17) is 5.73 Å². The number of carbonyl (C=O) groups is 3. The van der Waals surface area contributed by atoms with E-state index in [0.717, 1.165) is 25.7 Å². The topological polar surface area (TPSA) is 92.5 Å². The number of nitrogens with one attached hydrogen (secondary N) is 1. The molecule has 21 heavy (non-hydrogen) atoms. The van der Waals surface area contributed by atoms with E-state index in [1.54, 1.807) is 24.3 Å². The van der Waals surface area contributed by atoms with Crippen molar-refractivity contribution in [2.24, 2.45) is 11.7 Å². The van der Waals surface area contributed by atoms with E-state index in [1.807, 2.05) is 4.90 Å². The maximum Gasteiger partial charge on any atom is 0.250 e. The Kier molecular flexibility index (Phi) is 5.05. The maximum atomic E-state index is 12.1. The predicted octanol–water partition coefficient (Wildman–Crippen LogP) is 0.635. The molecular formula is C15H19N3O3. The fourth-order valence-electron chi connectivity index (χ4n) is 2.55. The zero-order valence-electron chi connectivity index (χ0n) is 11.7. The number of aldehydes is 1. The van der Waals surface area contributed by atoms with Crippen LogP contribution in [0.5, 0.6) is 0 Å². The lowest BCUT2D eigenvalue weighted by Gasteiger charge is -2.29. The summed E-state index contributed by atoms with van der Waals surface area (Å²) in [5.74, 6) is -0.787. The van der Waals surface area contributed by atoms with Gasteiger partial charge in [0.1, 0.15) is 6.29 Å². The molecule has 112 valence electrons. The minimum atomic E-state index is -0.579. The number of likely N-dealkylation sites (tertiary alicyclic amines) is 1. The SMILES string of the molecule is NC(=O)c1ccccc1NC(=O)CN1CCCC(C=O)C1. The molecular weight excluding hydrogens is 270 g/mol. The Morgan fingerprint density at radius 3 is 2.86 bits per heavy atom. The average Bonchev–Trinajstić information content (AvgIpc) is 2.47. The van der Waals surface area contributed by atoms with Crippen LogP contribution in [0.2, 0.25) is 0 Å². The summed E-state index contributed by atoms with van der Waals surface area (Å²) in [7, 11) is 0. The van der Waals surface area contributed by atoms with Gasteiger partial charge in [-0.25, -0.2) is 0 Å². The molecule has 1 fully saturated rings. The van der Waals surface area contributed by atoms with E-state index >= 15 is 0 Å². The molecule has 0 saturated carbocycles. The van der Waals surface area contributed by atoms with E-state index in [0.29, 0.717) is 12.2 Å². The number of hydrogen-bond donors (Lipinski definition) is 2. The van der Waals surface area contributed by atoms with E-state index in [9.17, 15) is 14.4 Å². The number of nitrogens with zero attached hydrogens (tertiary/aromatic N) is 1. The number of primary amides is 1. The molecule has 0 aliphatic carbocycles. The molecule has 0 bridgehead atoms. The normalized spacial score (nSPS) is 19.0. The molecule has 1 aliphatic rings. The summed E-state index contributed by atoms with van der Waals surface area (Å²) in [5.41, 5.74) is 5.97. The molecule has 6 heteroatoms. The number of anilines is 1. The van der Waals surface area contributed by atoms with Crippen molar-refractivity contribution in [3.05, 3.63) is 29.8 Å². The Bertz CT molecular complexity index is 545. The third-order valence-corrected chi connectivity index (χ3v) is 3.57. The summed E-state index contributed by atoms with van der Waals surface area (Å²) in [6.07, 6.45) is 2.74. The number of benzene rings is 1. The fourth-order valence-corrected chi connectivity index (χ4v) is 2.55. The van der Waals surface area contributed by atoms with Crippen LogP contribution in [-0.4, -0.2) is 42.6 Å². The molecule has 0 spiro atoms. The first-order chi connectivity index (χ1) is 10.1. The summed E-state index contributed by atoms with van der Waals surface area (Å²) < 4.78 is 0. The summed E-state index contributed by atoms with van der Waals surface area (Å²) in [6.45, 7) is 1.61. The van der Waals surface area contributed by atoms with Crippen molar-refractivity contribution < 1.29 is 14.4 Å². The molecule has 1 aromatic rings. The van der Waals surface area contributed by atoms with Crippen LogP contribution in [0.3, 0.4) is 0 Å². The molecule has 6 nitrogen and oxygen atoms in total. The first kappa shape index (κ1) is 15.2. The van der Waals surface area contributed by atoms with Gasteiger partial charge in [0.05, 0.1) is 17.8 Å². The molecule has 3 N–H and O–H groups in total. The third kappa shape index (κ3) is 4.13. The highest BCUT2D eigenvalue weighted by Gasteiger charge is 2.21. The van der Waals surface area contributed by atoms with E-state index in [1.165, 1.54) is 0 Å². The van der Waals surface area contributed by atoms with E-state index in [2.05, 4.69) is 5.32 Å². The van der Waals surface area contributed by atoms with Crippen LogP contribution in [0.1, 0.15) is 23.2 Å². The van der Waals surface area contributed by atoms with Crippen molar-refractivity contribution in [2.45, 2.75) is 12.8 Å². The van der Waals surface area contributed by atoms with Crippen LogP contribution in [0.25, 0.3) is 0 Å². The van der Waals surface area contributed by atoms with Gasteiger partial charge in [0.25, 0.3) is 5.91 Å². The van der Waals surface area contributed by atoms with Crippen molar-refractivity contribution in [1.29, 1.82) is 0 Å². The monoisotopic (exact) mass is 289 g/mol. The smallest absolute Gasteiger partial charge is 0.250 e. The van der Waals surface area contributed by atoms with Gasteiger partial charge in [-0.05, 0) is 31.5 Å². The Balaban J connectivity index is 1.96. The highest BCUT2D eigenvalue weighted by atomic mass is 16.2. The number of amides is 2. The zero-order valence-corrected chi connectivity index (χ0v) is 11.7. The number of piperidine rings is 1. The molecule has 2 amide bonds. The molecule has 1 unspecified atom stereocenters.